The number of amides is 2. The van der Waals surface area contributed by atoms with E-state index >= 15 is 0 Å². The van der Waals surface area contributed by atoms with Gasteiger partial charge in [-0.05, 0) is 45.0 Å². The predicted octanol–water partition coefficient (Wildman–Crippen LogP) is 3.72. The van der Waals surface area contributed by atoms with Crippen LogP contribution in [0.2, 0.25) is 0 Å². The van der Waals surface area contributed by atoms with E-state index in [1.165, 1.54) is 33.5 Å². The predicted molar refractivity (Wildman–Crippen MR) is 115 cm³/mol. The summed E-state index contributed by atoms with van der Waals surface area (Å²) in [5.41, 5.74) is 1.10. The molecular formula is C22H28N2O6. The van der Waals surface area contributed by atoms with Crippen LogP contribution < -0.4 is 24.8 Å². The zero-order chi connectivity index (χ0) is 22.3. The lowest BCUT2D eigenvalue weighted by Crippen LogP contribution is -2.27. The number of anilines is 2. The molecule has 0 fully saturated rings. The number of para-hydroxylation sites is 2. The van der Waals surface area contributed by atoms with Gasteiger partial charge in [0, 0.05) is 12.7 Å². The SMILES string of the molecule is COc1cc(C(=O)Nc2ccccc2OC(C)C)cc(NC(=O)C(C)OC)c1OC. The van der Waals surface area contributed by atoms with Crippen molar-refractivity contribution in [1.29, 1.82) is 0 Å². The van der Waals surface area contributed by atoms with Gasteiger partial charge in [0.2, 0.25) is 0 Å². The van der Waals surface area contributed by atoms with Gasteiger partial charge in [-0.25, -0.2) is 0 Å². The molecule has 8 nitrogen and oxygen atoms in total. The van der Waals surface area contributed by atoms with Crippen molar-refractivity contribution < 1.29 is 28.5 Å². The van der Waals surface area contributed by atoms with Crippen molar-refractivity contribution >= 4 is 23.2 Å². The van der Waals surface area contributed by atoms with Crippen LogP contribution in [0.3, 0.4) is 0 Å². The molecule has 0 saturated carbocycles. The minimum Gasteiger partial charge on any atom is -0.493 e. The quantitative estimate of drug-likeness (QED) is 0.647. The van der Waals surface area contributed by atoms with Crippen LogP contribution in [0.5, 0.6) is 17.2 Å². The standard InChI is InChI=1S/C22H28N2O6/c1-13(2)30-18-10-8-7-9-16(18)23-22(26)15-11-17(24-21(25)14(3)27-4)20(29-6)19(12-15)28-5/h7-14H,1-6H3,(H,23,26)(H,24,25). The Labute approximate surface area is 176 Å². The van der Waals surface area contributed by atoms with Gasteiger partial charge in [-0.15, -0.1) is 0 Å². The van der Waals surface area contributed by atoms with Crippen molar-refractivity contribution in [2.45, 2.75) is 33.0 Å². The van der Waals surface area contributed by atoms with Crippen LogP contribution in [-0.2, 0) is 9.53 Å². The van der Waals surface area contributed by atoms with Gasteiger partial charge in [0.1, 0.15) is 11.9 Å². The minimum atomic E-state index is -0.682. The third-order valence-electron chi connectivity index (χ3n) is 4.22. The van der Waals surface area contributed by atoms with E-state index in [0.29, 0.717) is 28.6 Å². The highest BCUT2D eigenvalue weighted by Gasteiger charge is 2.21. The first-order valence-electron chi connectivity index (χ1n) is 9.47. The number of benzene rings is 2. The largest absolute Gasteiger partial charge is 0.493 e. The number of ether oxygens (including phenoxy) is 4. The second-order valence-electron chi connectivity index (χ2n) is 6.74. The summed E-state index contributed by atoms with van der Waals surface area (Å²) in [4.78, 5) is 25.2. The Morgan fingerprint density at radius 2 is 1.57 bits per heavy atom. The van der Waals surface area contributed by atoms with E-state index in [9.17, 15) is 9.59 Å². The highest BCUT2D eigenvalue weighted by atomic mass is 16.5. The first-order chi connectivity index (χ1) is 14.3. The average molecular weight is 416 g/mol. The van der Waals surface area contributed by atoms with Crippen molar-refractivity contribution in [1.82, 2.24) is 0 Å². The summed E-state index contributed by atoms with van der Waals surface area (Å²) in [5, 5.41) is 5.55. The van der Waals surface area contributed by atoms with Crippen LogP contribution in [0.25, 0.3) is 0 Å². The van der Waals surface area contributed by atoms with E-state index in [2.05, 4.69) is 10.6 Å². The zero-order valence-electron chi connectivity index (χ0n) is 18.1. The third kappa shape index (κ3) is 5.64. The highest BCUT2D eigenvalue weighted by Crippen LogP contribution is 2.37. The van der Waals surface area contributed by atoms with Gasteiger partial charge >= 0.3 is 0 Å². The monoisotopic (exact) mass is 416 g/mol. The molecule has 8 heteroatoms. The van der Waals surface area contributed by atoms with Gasteiger partial charge in [-0.2, -0.15) is 0 Å². The van der Waals surface area contributed by atoms with Crippen LogP contribution in [-0.4, -0.2) is 45.4 Å². The summed E-state index contributed by atoms with van der Waals surface area (Å²) >= 11 is 0. The van der Waals surface area contributed by atoms with E-state index in [1.807, 2.05) is 19.9 Å². The first-order valence-corrected chi connectivity index (χ1v) is 9.47. The Morgan fingerprint density at radius 1 is 0.867 bits per heavy atom. The summed E-state index contributed by atoms with van der Waals surface area (Å²) in [7, 11) is 4.34. The molecule has 2 rings (SSSR count). The lowest BCUT2D eigenvalue weighted by Gasteiger charge is -2.18. The van der Waals surface area contributed by atoms with E-state index in [-0.39, 0.29) is 17.6 Å². The second-order valence-corrected chi connectivity index (χ2v) is 6.74. The van der Waals surface area contributed by atoms with Gasteiger partial charge in [-0.1, -0.05) is 12.1 Å². The molecule has 162 valence electrons. The van der Waals surface area contributed by atoms with Crippen molar-refractivity contribution in [3.63, 3.8) is 0 Å². The Hall–Kier alpha value is -3.26. The van der Waals surface area contributed by atoms with Crippen LogP contribution in [0, 0.1) is 0 Å². The summed E-state index contributed by atoms with van der Waals surface area (Å²) in [6.07, 6.45) is -0.730. The summed E-state index contributed by atoms with van der Waals surface area (Å²) in [6, 6.07) is 10.2. The van der Waals surface area contributed by atoms with Crippen molar-refractivity contribution in [3.8, 4) is 17.2 Å². The maximum Gasteiger partial charge on any atom is 0.255 e. The number of nitrogens with one attached hydrogen (secondary N) is 2. The number of carbonyl (C=O) groups excluding carboxylic acids is 2. The Balaban J connectivity index is 2.38. The molecule has 2 aromatic rings. The molecular weight excluding hydrogens is 388 g/mol. The average Bonchev–Trinajstić information content (AvgIpc) is 2.73. The molecule has 30 heavy (non-hydrogen) atoms. The molecule has 1 atom stereocenters. The van der Waals surface area contributed by atoms with E-state index in [4.69, 9.17) is 18.9 Å². The molecule has 0 spiro atoms. The number of methoxy groups -OCH3 is 3. The second kappa shape index (κ2) is 10.5. The molecule has 2 amide bonds. The van der Waals surface area contributed by atoms with Gasteiger partial charge < -0.3 is 29.6 Å². The number of hydrogen-bond acceptors (Lipinski definition) is 6. The highest BCUT2D eigenvalue weighted by molar-refractivity contribution is 6.07. The Bertz CT molecular complexity index is 897. The van der Waals surface area contributed by atoms with E-state index in [1.54, 1.807) is 25.1 Å². The molecule has 0 aliphatic rings. The lowest BCUT2D eigenvalue weighted by atomic mass is 10.1. The third-order valence-corrected chi connectivity index (χ3v) is 4.22. The fraction of sp³-hybridized carbons (Fsp3) is 0.364. The van der Waals surface area contributed by atoms with Gasteiger partial charge in [0.05, 0.1) is 31.7 Å². The van der Waals surface area contributed by atoms with Crippen molar-refractivity contribution in [2.75, 3.05) is 32.0 Å². The minimum absolute atomic E-state index is 0.0475. The van der Waals surface area contributed by atoms with Crippen LogP contribution in [0.4, 0.5) is 11.4 Å². The van der Waals surface area contributed by atoms with E-state index < -0.39 is 12.0 Å². The van der Waals surface area contributed by atoms with E-state index in [0.717, 1.165) is 0 Å². The van der Waals surface area contributed by atoms with Crippen LogP contribution >= 0.6 is 0 Å². The fourth-order valence-corrected chi connectivity index (χ4v) is 2.65. The molecule has 2 N–H and O–H groups in total. The maximum absolute atomic E-state index is 12.9. The molecule has 2 aromatic carbocycles. The Kier molecular flexibility index (Phi) is 8.06. The van der Waals surface area contributed by atoms with Gasteiger partial charge in [-0.3, -0.25) is 9.59 Å². The normalized spacial score (nSPS) is 11.6. The molecule has 0 bridgehead atoms. The molecule has 0 heterocycles. The van der Waals surface area contributed by atoms with Crippen molar-refractivity contribution in [3.05, 3.63) is 42.0 Å². The molecule has 0 aromatic heterocycles. The fourth-order valence-electron chi connectivity index (χ4n) is 2.65. The molecule has 1 unspecified atom stereocenters. The number of rotatable bonds is 9. The van der Waals surface area contributed by atoms with Crippen LogP contribution in [0.15, 0.2) is 36.4 Å². The molecule has 0 radical (unpaired) electrons. The lowest BCUT2D eigenvalue weighted by molar-refractivity contribution is -0.124. The summed E-state index contributed by atoms with van der Waals surface area (Å²) < 4.78 is 21.5. The molecule has 0 saturated heterocycles. The summed E-state index contributed by atoms with van der Waals surface area (Å²) in [5.74, 6) is 0.382. The van der Waals surface area contributed by atoms with Gasteiger partial charge in [0.25, 0.3) is 11.8 Å². The molecule has 0 aliphatic carbocycles. The van der Waals surface area contributed by atoms with Gasteiger partial charge in [0.15, 0.2) is 11.5 Å². The summed E-state index contributed by atoms with van der Waals surface area (Å²) in [6.45, 7) is 5.42. The van der Waals surface area contributed by atoms with Crippen molar-refractivity contribution in [2.24, 2.45) is 0 Å². The Morgan fingerprint density at radius 3 is 2.17 bits per heavy atom. The number of hydrogen-bond donors (Lipinski definition) is 2. The topological polar surface area (TPSA) is 95.1 Å². The number of carbonyl (C=O) groups is 2. The first kappa shape index (κ1) is 23.0. The molecule has 0 aliphatic heterocycles. The zero-order valence-corrected chi connectivity index (χ0v) is 18.1. The maximum atomic E-state index is 12.9. The van der Waals surface area contributed by atoms with Crippen LogP contribution in [0.1, 0.15) is 31.1 Å². The smallest absolute Gasteiger partial charge is 0.255 e.